The zero-order valence-electron chi connectivity index (χ0n) is 14.1. The third kappa shape index (κ3) is 5.56. The van der Waals surface area contributed by atoms with Crippen LogP contribution in [0.25, 0.3) is 0 Å². The van der Waals surface area contributed by atoms with Crippen LogP contribution in [0.5, 0.6) is 0 Å². The van der Waals surface area contributed by atoms with E-state index in [-0.39, 0.29) is 29.9 Å². The highest BCUT2D eigenvalue weighted by molar-refractivity contribution is 7.91. The van der Waals surface area contributed by atoms with Crippen LogP contribution in [0.3, 0.4) is 0 Å². The Kier molecular flexibility index (Phi) is 5.78. The van der Waals surface area contributed by atoms with Crippen molar-refractivity contribution in [3.8, 4) is 0 Å². The summed E-state index contributed by atoms with van der Waals surface area (Å²) in [5.41, 5.74) is 0.986. The maximum absolute atomic E-state index is 12.2. The Morgan fingerprint density at radius 3 is 2.40 bits per heavy atom. The van der Waals surface area contributed by atoms with E-state index in [2.05, 4.69) is 10.6 Å². The van der Waals surface area contributed by atoms with Crippen molar-refractivity contribution in [2.45, 2.75) is 25.8 Å². The number of anilines is 2. The number of carbonyl (C=O) groups is 3. The Labute approximate surface area is 146 Å². The van der Waals surface area contributed by atoms with Gasteiger partial charge in [-0.15, -0.1) is 0 Å². The lowest BCUT2D eigenvalue weighted by Gasteiger charge is -2.23. The lowest BCUT2D eigenvalue weighted by molar-refractivity contribution is -0.134. The number of amides is 3. The summed E-state index contributed by atoms with van der Waals surface area (Å²) in [6.07, 6.45) is 0.0162. The highest BCUT2D eigenvalue weighted by Crippen LogP contribution is 2.18. The highest BCUT2D eigenvalue weighted by atomic mass is 32.2. The Morgan fingerprint density at radius 1 is 1.20 bits per heavy atom. The molecule has 2 rings (SSSR count). The first kappa shape index (κ1) is 18.9. The molecule has 1 fully saturated rings. The van der Waals surface area contributed by atoms with Gasteiger partial charge in [-0.05, 0) is 24.6 Å². The van der Waals surface area contributed by atoms with E-state index in [9.17, 15) is 22.8 Å². The SMILES string of the molecule is CC(=O)Nc1cccc(NC(=O)CC(=O)N(C)C2CCS(=O)(=O)C2)c1. The fraction of sp³-hybridized carbons (Fsp3) is 0.438. The second-order valence-electron chi connectivity index (χ2n) is 6.05. The number of nitrogens with one attached hydrogen (secondary N) is 2. The van der Waals surface area contributed by atoms with Crippen LogP contribution in [-0.4, -0.2) is 55.6 Å². The molecule has 1 aliphatic rings. The monoisotopic (exact) mass is 367 g/mol. The number of hydrogen-bond acceptors (Lipinski definition) is 5. The van der Waals surface area contributed by atoms with Gasteiger partial charge in [-0.3, -0.25) is 14.4 Å². The van der Waals surface area contributed by atoms with Gasteiger partial charge in [0.05, 0.1) is 11.5 Å². The topological polar surface area (TPSA) is 113 Å². The van der Waals surface area contributed by atoms with Crippen molar-refractivity contribution in [2.24, 2.45) is 0 Å². The van der Waals surface area contributed by atoms with Crippen LogP contribution in [-0.2, 0) is 24.2 Å². The molecule has 1 saturated heterocycles. The minimum atomic E-state index is -3.09. The van der Waals surface area contributed by atoms with E-state index in [0.717, 1.165) is 0 Å². The van der Waals surface area contributed by atoms with Gasteiger partial charge in [0.1, 0.15) is 6.42 Å². The predicted molar refractivity (Wildman–Crippen MR) is 93.8 cm³/mol. The summed E-state index contributed by atoms with van der Waals surface area (Å²) in [5.74, 6) is -1.16. The van der Waals surface area contributed by atoms with Crippen molar-refractivity contribution in [2.75, 3.05) is 29.2 Å². The van der Waals surface area contributed by atoms with Crippen molar-refractivity contribution in [3.05, 3.63) is 24.3 Å². The van der Waals surface area contributed by atoms with Crippen molar-refractivity contribution >= 4 is 38.9 Å². The molecule has 1 aromatic rings. The van der Waals surface area contributed by atoms with E-state index in [0.29, 0.717) is 17.8 Å². The fourth-order valence-electron chi connectivity index (χ4n) is 2.63. The maximum Gasteiger partial charge on any atom is 0.233 e. The van der Waals surface area contributed by atoms with Gasteiger partial charge in [0, 0.05) is 31.4 Å². The molecule has 0 aliphatic carbocycles. The molecule has 0 saturated carbocycles. The van der Waals surface area contributed by atoms with E-state index >= 15 is 0 Å². The van der Waals surface area contributed by atoms with Crippen molar-refractivity contribution in [1.82, 2.24) is 4.90 Å². The molecule has 1 atom stereocenters. The number of rotatable bonds is 5. The molecule has 0 bridgehead atoms. The minimum absolute atomic E-state index is 0.0599. The average Bonchev–Trinajstić information content (AvgIpc) is 2.86. The van der Waals surface area contributed by atoms with Crippen molar-refractivity contribution in [1.29, 1.82) is 0 Å². The van der Waals surface area contributed by atoms with Crippen molar-refractivity contribution < 1.29 is 22.8 Å². The first-order valence-corrected chi connectivity index (χ1v) is 9.62. The normalized spacial score (nSPS) is 18.4. The molecule has 1 aromatic carbocycles. The smallest absolute Gasteiger partial charge is 0.233 e. The van der Waals surface area contributed by atoms with Gasteiger partial charge in [0.2, 0.25) is 17.7 Å². The van der Waals surface area contributed by atoms with Gasteiger partial charge in [-0.25, -0.2) is 8.42 Å². The van der Waals surface area contributed by atoms with Gasteiger partial charge in [0.15, 0.2) is 9.84 Å². The Bertz CT molecular complexity index is 791. The largest absolute Gasteiger partial charge is 0.341 e. The van der Waals surface area contributed by atoms with E-state index in [1.165, 1.54) is 18.9 Å². The van der Waals surface area contributed by atoms with Crippen LogP contribution in [0.4, 0.5) is 11.4 Å². The third-order valence-electron chi connectivity index (χ3n) is 3.93. The standard InChI is InChI=1S/C16H21N3O5S/c1-11(20)17-12-4-3-5-13(8-12)18-15(21)9-16(22)19(2)14-6-7-25(23,24)10-14/h3-5,8,14H,6-7,9-10H2,1-2H3,(H,17,20)(H,18,21). The molecular weight excluding hydrogens is 346 g/mol. The quantitative estimate of drug-likeness (QED) is 0.741. The summed E-state index contributed by atoms with van der Waals surface area (Å²) in [4.78, 5) is 36.6. The molecule has 0 spiro atoms. The summed E-state index contributed by atoms with van der Waals surface area (Å²) in [6, 6.07) is 6.18. The molecule has 0 radical (unpaired) electrons. The molecule has 9 heteroatoms. The second kappa shape index (κ2) is 7.64. The summed E-state index contributed by atoms with van der Waals surface area (Å²) in [5, 5.41) is 5.19. The van der Waals surface area contributed by atoms with E-state index < -0.39 is 21.7 Å². The molecule has 0 aromatic heterocycles. The lowest BCUT2D eigenvalue weighted by Crippen LogP contribution is -2.39. The number of carbonyl (C=O) groups excluding carboxylic acids is 3. The highest BCUT2D eigenvalue weighted by Gasteiger charge is 2.33. The minimum Gasteiger partial charge on any atom is -0.341 e. The van der Waals surface area contributed by atoms with E-state index in [4.69, 9.17) is 0 Å². The first-order chi connectivity index (χ1) is 11.7. The maximum atomic E-state index is 12.2. The van der Waals surface area contributed by atoms with Gasteiger partial charge < -0.3 is 15.5 Å². The van der Waals surface area contributed by atoms with Crippen LogP contribution in [0.1, 0.15) is 19.8 Å². The number of nitrogens with zero attached hydrogens (tertiary/aromatic N) is 1. The molecular formula is C16H21N3O5S. The van der Waals surface area contributed by atoms with E-state index in [1.54, 1.807) is 24.3 Å². The lowest BCUT2D eigenvalue weighted by atomic mass is 10.2. The summed E-state index contributed by atoms with van der Waals surface area (Å²) in [6.45, 7) is 1.38. The zero-order valence-corrected chi connectivity index (χ0v) is 14.9. The van der Waals surface area contributed by atoms with E-state index in [1.807, 2.05) is 0 Å². The summed E-state index contributed by atoms with van der Waals surface area (Å²) >= 11 is 0. The summed E-state index contributed by atoms with van der Waals surface area (Å²) < 4.78 is 23.0. The fourth-order valence-corrected chi connectivity index (χ4v) is 4.40. The molecule has 25 heavy (non-hydrogen) atoms. The van der Waals surface area contributed by atoms with Gasteiger partial charge >= 0.3 is 0 Å². The van der Waals surface area contributed by atoms with Crippen LogP contribution < -0.4 is 10.6 Å². The Balaban J connectivity index is 1.91. The summed E-state index contributed by atoms with van der Waals surface area (Å²) in [7, 11) is -1.58. The molecule has 3 amide bonds. The molecule has 1 aliphatic heterocycles. The first-order valence-electron chi connectivity index (χ1n) is 7.80. The Hall–Kier alpha value is -2.42. The Morgan fingerprint density at radius 2 is 1.84 bits per heavy atom. The molecule has 1 unspecified atom stereocenters. The van der Waals surface area contributed by atoms with Crippen LogP contribution in [0, 0.1) is 0 Å². The number of benzene rings is 1. The van der Waals surface area contributed by atoms with Crippen molar-refractivity contribution in [3.63, 3.8) is 0 Å². The second-order valence-corrected chi connectivity index (χ2v) is 8.28. The number of sulfone groups is 1. The van der Waals surface area contributed by atoms with Gasteiger partial charge in [-0.2, -0.15) is 0 Å². The number of hydrogen-bond donors (Lipinski definition) is 2. The van der Waals surface area contributed by atoms with Crippen LogP contribution >= 0.6 is 0 Å². The molecule has 1 heterocycles. The zero-order chi connectivity index (χ0) is 18.6. The predicted octanol–water partition coefficient (Wildman–Crippen LogP) is 0.619. The average molecular weight is 367 g/mol. The van der Waals surface area contributed by atoms with Gasteiger partial charge in [0.25, 0.3) is 0 Å². The molecule has 136 valence electrons. The third-order valence-corrected chi connectivity index (χ3v) is 5.68. The van der Waals surface area contributed by atoms with Gasteiger partial charge in [-0.1, -0.05) is 6.07 Å². The molecule has 2 N–H and O–H groups in total. The molecule has 8 nitrogen and oxygen atoms in total. The van der Waals surface area contributed by atoms with Crippen LogP contribution in [0.2, 0.25) is 0 Å². The van der Waals surface area contributed by atoms with Crippen LogP contribution in [0.15, 0.2) is 24.3 Å².